The van der Waals surface area contributed by atoms with Crippen molar-refractivity contribution in [3.8, 4) is 11.5 Å². The molecular formula is C28H23BrN2O3. The van der Waals surface area contributed by atoms with Gasteiger partial charge in [-0.25, -0.2) is 5.43 Å². The minimum Gasteiger partial charge on any atom is -0.488 e. The van der Waals surface area contributed by atoms with Gasteiger partial charge in [0.25, 0.3) is 5.91 Å². The van der Waals surface area contributed by atoms with Gasteiger partial charge in [-0.2, -0.15) is 5.10 Å². The van der Waals surface area contributed by atoms with Gasteiger partial charge in [-0.05, 0) is 41.5 Å². The highest BCUT2D eigenvalue weighted by atomic mass is 79.9. The lowest BCUT2D eigenvalue weighted by Gasteiger charge is -2.11. The van der Waals surface area contributed by atoms with Gasteiger partial charge in [0.1, 0.15) is 24.7 Å². The maximum absolute atomic E-state index is 12.9. The Morgan fingerprint density at radius 3 is 2.03 bits per heavy atom. The minimum atomic E-state index is -0.372. The van der Waals surface area contributed by atoms with Crippen molar-refractivity contribution >= 4 is 28.1 Å². The quantitative estimate of drug-likeness (QED) is 0.208. The first kappa shape index (κ1) is 23.3. The van der Waals surface area contributed by atoms with Crippen LogP contribution >= 0.6 is 15.9 Å². The van der Waals surface area contributed by atoms with E-state index in [-0.39, 0.29) is 5.91 Å². The fourth-order valence-corrected chi connectivity index (χ4v) is 3.58. The van der Waals surface area contributed by atoms with Crippen molar-refractivity contribution in [2.75, 3.05) is 0 Å². The van der Waals surface area contributed by atoms with Crippen molar-refractivity contribution in [3.05, 3.63) is 130 Å². The fraction of sp³-hybridized carbons (Fsp3) is 0.0714. The molecular weight excluding hydrogens is 492 g/mol. The van der Waals surface area contributed by atoms with Crippen molar-refractivity contribution in [2.24, 2.45) is 5.10 Å². The van der Waals surface area contributed by atoms with Crippen molar-refractivity contribution < 1.29 is 14.3 Å². The predicted molar refractivity (Wildman–Crippen MR) is 137 cm³/mol. The van der Waals surface area contributed by atoms with Crippen LogP contribution in [-0.4, -0.2) is 12.1 Å². The number of carbonyl (C=O) groups excluding carboxylic acids is 1. The minimum absolute atomic E-state index is 0.359. The molecule has 4 aromatic rings. The SMILES string of the molecule is O=C(NN=Cc1ccccc1OCc1ccccc1)c1cc(Br)ccc1OCc1ccccc1. The first-order valence-electron chi connectivity index (χ1n) is 10.7. The van der Waals surface area contributed by atoms with Crippen molar-refractivity contribution in [3.63, 3.8) is 0 Å². The molecule has 0 aliphatic rings. The van der Waals surface area contributed by atoms with Crippen LogP contribution in [0.4, 0.5) is 0 Å². The van der Waals surface area contributed by atoms with Crippen molar-refractivity contribution in [1.82, 2.24) is 5.43 Å². The van der Waals surface area contributed by atoms with Crippen LogP contribution in [0.2, 0.25) is 0 Å². The Balaban J connectivity index is 1.42. The average Bonchev–Trinajstić information content (AvgIpc) is 2.88. The number of benzene rings is 4. The van der Waals surface area contributed by atoms with Crippen molar-refractivity contribution in [1.29, 1.82) is 0 Å². The van der Waals surface area contributed by atoms with Crippen LogP contribution in [0.25, 0.3) is 0 Å². The summed E-state index contributed by atoms with van der Waals surface area (Å²) in [6, 6.07) is 32.6. The summed E-state index contributed by atoms with van der Waals surface area (Å²) in [6.07, 6.45) is 1.57. The molecule has 1 N–H and O–H groups in total. The number of ether oxygens (including phenoxy) is 2. The van der Waals surface area contributed by atoms with Crippen LogP contribution in [0.3, 0.4) is 0 Å². The maximum Gasteiger partial charge on any atom is 0.275 e. The molecule has 4 rings (SSSR count). The molecule has 0 atom stereocenters. The fourth-order valence-electron chi connectivity index (χ4n) is 3.22. The van der Waals surface area contributed by atoms with E-state index < -0.39 is 0 Å². The number of hydrazone groups is 1. The van der Waals surface area contributed by atoms with Crippen LogP contribution in [0.15, 0.2) is 113 Å². The van der Waals surface area contributed by atoms with E-state index in [0.29, 0.717) is 30.3 Å². The average molecular weight is 515 g/mol. The normalized spacial score (nSPS) is 10.7. The van der Waals surface area contributed by atoms with E-state index in [1.54, 1.807) is 18.3 Å². The van der Waals surface area contributed by atoms with Crippen molar-refractivity contribution in [2.45, 2.75) is 13.2 Å². The Hall–Kier alpha value is -3.90. The number of carbonyl (C=O) groups is 1. The highest BCUT2D eigenvalue weighted by Crippen LogP contribution is 2.24. The van der Waals surface area contributed by atoms with Gasteiger partial charge in [0, 0.05) is 10.0 Å². The second kappa shape index (κ2) is 11.8. The Kier molecular flexibility index (Phi) is 8.08. The molecule has 34 heavy (non-hydrogen) atoms. The molecule has 0 saturated heterocycles. The molecule has 0 spiro atoms. The first-order chi connectivity index (χ1) is 16.7. The van der Waals surface area contributed by atoms with Gasteiger partial charge < -0.3 is 9.47 Å². The summed E-state index contributed by atoms with van der Waals surface area (Å²) in [5, 5.41) is 4.15. The summed E-state index contributed by atoms with van der Waals surface area (Å²) < 4.78 is 12.6. The third-order valence-electron chi connectivity index (χ3n) is 4.95. The number of hydrogen-bond acceptors (Lipinski definition) is 4. The Labute approximate surface area is 207 Å². The van der Waals surface area contributed by atoms with Gasteiger partial charge >= 0.3 is 0 Å². The highest BCUT2D eigenvalue weighted by Gasteiger charge is 2.13. The van der Waals surface area contributed by atoms with Crippen LogP contribution < -0.4 is 14.9 Å². The van der Waals surface area contributed by atoms with E-state index in [9.17, 15) is 4.79 Å². The highest BCUT2D eigenvalue weighted by molar-refractivity contribution is 9.10. The molecule has 6 heteroatoms. The zero-order chi connectivity index (χ0) is 23.6. The summed E-state index contributed by atoms with van der Waals surface area (Å²) in [6.45, 7) is 0.802. The zero-order valence-corrected chi connectivity index (χ0v) is 19.9. The van der Waals surface area contributed by atoms with Crippen LogP contribution in [0, 0.1) is 0 Å². The molecule has 0 fully saturated rings. The number of halogens is 1. The van der Waals surface area contributed by atoms with E-state index in [1.165, 1.54) is 0 Å². The lowest BCUT2D eigenvalue weighted by Crippen LogP contribution is -2.19. The van der Waals surface area contributed by atoms with Crippen LogP contribution in [-0.2, 0) is 13.2 Å². The lowest BCUT2D eigenvalue weighted by atomic mass is 10.2. The van der Waals surface area contributed by atoms with E-state index in [0.717, 1.165) is 21.2 Å². The number of rotatable bonds is 9. The standard InChI is InChI=1S/C28H23BrN2O3/c29-24-15-16-27(34-20-22-11-5-2-6-12-22)25(17-24)28(32)31-30-18-23-13-7-8-14-26(23)33-19-21-9-3-1-4-10-21/h1-18H,19-20H2,(H,31,32). The third kappa shape index (κ3) is 6.56. The van der Waals surface area contributed by atoms with E-state index in [1.807, 2.05) is 91.0 Å². The summed E-state index contributed by atoms with van der Waals surface area (Å²) in [7, 11) is 0. The number of amides is 1. The molecule has 0 aromatic heterocycles. The van der Waals surface area contributed by atoms with Gasteiger partial charge in [0.15, 0.2) is 0 Å². The first-order valence-corrected chi connectivity index (χ1v) is 11.5. The lowest BCUT2D eigenvalue weighted by molar-refractivity contribution is 0.0950. The molecule has 0 radical (unpaired) electrons. The maximum atomic E-state index is 12.9. The number of hydrogen-bond donors (Lipinski definition) is 1. The topological polar surface area (TPSA) is 59.9 Å². The zero-order valence-electron chi connectivity index (χ0n) is 18.4. The second-order valence-electron chi connectivity index (χ2n) is 7.43. The Morgan fingerprint density at radius 2 is 1.35 bits per heavy atom. The molecule has 0 aliphatic carbocycles. The molecule has 4 aromatic carbocycles. The number of nitrogens with one attached hydrogen (secondary N) is 1. The van der Waals surface area contributed by atoms with Gasteiger partial charge in [-0.1, -0.05) is 88.7 Å². The van der Waals surface area contributed by atoms with Gasteiger partial charge in [0.2, 0.25) is 0 Å². The summed E-state index contributed by atoms with van der Waals surface area (Å²) in [5.74, 6) is 0.785. The third-order valence-corrected chi connectivity index (χ3v) is 5.44. The molecule has 5 nitrogen and oxygen atoms in total. The van der Waals surface area contributed by atoms with E-state index >= 15 is 0 Å². The number of nitrogens with zero attached hydrogens (tertiary/aromatic N) is 1. The second-order valence-corrected chi connectivity index (χ2v) is 8.34. The Bertz CT molecular complexity index is 1260. The smallest absolute Gasteiger partial charge is 0.275 e. The molecule has 170 valence electrons. The Morgan fingerprint density at radius 1 is 0.765 bits per heavy atom. The van der Waals surface area contributed by atoms with Gasteiger partial charge in [-0.3, -0.25) is 4.79 Å². The molecule has 0 aliphatic heterocycles. The summed E-state index contributed by atoms with van der Waals surface area (Å²) in [5.41, 5.74) is 5.82. The largest absolute Gasteiger partial charge is 0.488 e. The van der Waals surface area contributed by atoms with Crippen LogP contribution in [0.5, 0.6) is 11.5 Å². The number of para-hydroxylation sites is 1. The molecule has 1 amide bonds. The monoisotopic (exact) mass is 514 g/mol. The summed E-state index contributed by atoms with van der Waals surface area (Å²) in [4.78, 5) is 12.9. The molecule has 0 saturated carbocycles. The molecule has 0 bridgehead atoms. The predicted octanol–water partition coefficient (Wildman–Crippen LogP) is 6.37. The molecule has 0 unspecified atom stereocenters. The van der Waals surface area contributed by atoms with E-state index in [4.69, 9.17) is 9.47 Å². The summed E-state index contributed by atoms with van der Waals surface area (Å²) >= 11 is 3.42. The van der Waals surface area contributed by atoms with Crippen LogP contribution in [0.1, 0.15) is 27.0 Å². The van der Waals surface area contributed by atoms with Gasteiger partial charge in [-0.15, -0.1) is 0 Å². The van der Waals surface area contributed by atoms with E-state index in [2.05, 4.69) is 26.5 Å². The molecule has 0 heterocycles. The van der Waals surface area contributed by atoms with Gasteiger partial charge in [0.05, 0.1) is 11.8 Å².